The molecule has 1 fully saturated rings. The molecule has 0 saturated carbocycles. The van der Waals surface area contributed by atoms with E-state index >= 15 is 0 Å². The Morgan fingerprint density at radius 1 is 1.31 bits per heavy atom. The summed E-state index contributed by atoms with van der Waals surface area (Å²) < 4.78 is 7.72. The number of methoxy groups -OCH3 is 1. The first-order valence-electron chi connectivity index (χ1n) is 10.7. The number of nitrogens with zero attached hydrogens (tertiary/aromatic N) is 6. The lowest BCUT2D eigenvalue weighted by Gasteiger charge is -2.41. The van der Waals surface area contributed by atoms with Crippen molar-refractivity contribution in [1.82, 2.24) is 24.6 Å². The predicted octanol–water partition coefficient (Wildman–Crippen LogP) is 3.92. The number of hydrogen-bond donors (Lipinski definition) is 1. The third-order valence-corrected chi connectivity index (χ3v) is 6.41. The van der Waals surface area contributed by atoms with Gasteiger partial charge in [0.1, 0.15) is 24.0 Å². The number of nitrogen functional groups attached to an aromatic ring is 1. The van der Waals surface area contributed by atoms with E-state index in [0.717, 1.165) is 41.8 Å². The van der Waals surface area contributed by atoms with Gasteiger partial charge in [0.25, 0.3) is 0 Å². The summed E-state index contributed by atoms with van der Waals surface area (Å²) in [4.78, 5) is 10.9. The minimum Gasteiger partial charge on any atom is -0.496 e. The van der Waals surface area contributed by atoms with E-state index in [4.69, 9.17) is 27.2 Å². The predicted molar refractivity (Wildman–Crippen MR) is 125 cm³/mol. The molecule has 8 nitrogen and oxygen atoms in total. The summed E-state index contributed by atoms with van der Waals surface area (Å²) in [7, 11) is 1.64. The molecule has 9 heteroatoms. The van der Waals surface area contributed by atoms with E-state index in [1.165, 1.54) is 6.33 Å². The molecule has 4 rings (SSSR count). The fourth-order valence-corrected chi connectivity index (χ4v) is 4.96. The maximum absolute atomic E-state index is 9.87. The van der Waals surface area contributed by atoms with Crippen molar-refractivity contribution in [2.45, 2.75) is 39.7 Å². The zero-order valence-corrected chi connectivity index (χ0v) is 19.8. The van der Waals surface area contributed by atoms with E-state index in [9.17, 15) is 5.26 Å². The number of likely N-dealkylation sites (tertiary alicyclic amines) is 1. The van der Waals surface area contributed by atoms with Crippen molar-refractivity contribution in [2.24, 2.45) is 5.92 Å². The van der Waals surface area contributed by atoms with Crippen LogP contribution in [0.4, 0.5) is 5.82 Å². The number of nitriles is 1. The van der Waals surface area contributed by atoms with Crippen LogP contribution >= 0.6 is 11.6 Å². The zero-order chi connectivity index (χ0) is 23.2. The molecule has 0 amide bonds. The Balaban J connectivity index is 1.82. The van der Waals surface area contributed by atoms with Crippen LogP contribution in [0.25, 0.3) is 11.0 Å². The Hall–Kier alpha value is -2.89. The molecule has 0 spiro atoms. The van der Waals surface area contributed by atoms with Gasteiger partial charge in [0.2, 0.25) is 0 Å². The third-order valence-electron chi connectivity index (χ3n) is 6.11. The molecule has 1 unspecified atom stereocenters. The van der Waals surface area contributed by atoms with Crippen molar-refractivity contribution in [3.05, 3.63) is 39.8 Å². The van der Waals surface area contributed by atoms with Crippen LogP contribution in [0.2, 0.25) is 5.02 Å². The summed E-state index contributed by atoms with van der Waals surface area (Å²) in [5.74, 6) is 1.87. The second-order valence-electron chi connectivity index (χ2n) is 8.85. The standard InChI is InChI=1S/C23H28ClN7O/c1-12(2)8-30-9-15(10-30)20-17(7-25)18(24)6-16(21(20)32-5)14(4)31-23-19(13(3)29-31)22(26)27-11-28-23/h6,11-12,14-15H,8-10H2,1-5H3,(H2,26,27,28). The molecule has 1 aliphatic rings. The number of rotatable bonds is 6. The average molecular weight is 454 g/mol. The van der Waals surface area contributed by atoms with E-state index in [1.54, 1.807) is 7.11 Å². The van der Waals surface area contributed by atoms with Crippen molar-refractivity contribution in [1.29, 1.82) is 5.26 Å². The lowest BCUT2D eigenvalue weighted by molar-refractivity contribution is 0.129. The molecule has 32 heavy (non-hydrogen) atoms. The highest BCUT2D eigenvalue weighted by molar-refractivity contribution is 6.32. The Kier molecular flexibility index (Phi) is 5.97. The summed E-state index contributed by atoms with van der Waals surface area (Å²) >= 11 is 6.62. The molecule has 1 aliphatic heterocycles. The highest BCUT2D eigenvalue weighted by Crippen LogP contribution is 2.44. The van der Waals surface area contributed by atoms with Crippen molar-refractivity contribution >= 4 is 28.5 Å². The number of nitrogens with two attached hydrogens (primary N) is 1. The average Bonchev–Trinajstić information content (AvgIpc) is 3.06. The summed E-state index contributed by atoms with van der Waals surface area (Å²) in [5, 5.41) is 15.7. The lowest BCUT2D eigenvalue weighted by Crippen LogP contribution is -2.46. The van der Waals surface area contributed by atoms with Gasteiger partial charge in [-0.05, 0) is 25.8 Å². The van der Waals surface area contributed by atoms with E-state index in [2.05, 4.69) is 34.8 Å². The molecule has 1 aromatic carbocycles. The first-order valence-corrected chi connectivity index (χ1v) is 11.1. The topological polar surface area (TPSA) is 106 Å². The summed E-state index contributed by atoms with van der Waals surface area (Å²) in [6, 6.07) is 3.87. The van der Waals surface area contributed by atoms with E-state index in [-0.39, 0.29) is 12.0 Å². The van der Waals surface area contributed by atoms with Crippen LogP contribution in [0.1, 0.15) is 55.1 Å². The van der Waals surface area contributed by atoms with Crippen molar-refractivity contribution in [3.8, 4) is 11.8 Å². The van der Waals surface area contributed by atoms with Crippen LogP contribution in [0.5, 0.6) is 5.75 Å². The van der Waals surface area contributed by atoms with Gasteiger partial charge in [0, 0.05) is 36.7 Å². The smallest absolute Gasteiger partial charge is 0.164 e. The molecule has 2 aromatic heterocycles. The van der Waals surface area contributed by atoms with Crippen LogP contribution in [0, 0.1) is 24.2 Å². The third kappa shape index (κ3) is 3.65. The van der Waals surface area contributed by atoms with Gasteiger partial charge in [-0.3, -0.25) is 0 Å². The monoisotopic (exact) mass is 453 g/mol. The molecular weight excluding hydrogens is 426 g/mol. The molecular formula is C23H28ClN7O. The first-order chi connectivity index (χ1) is 15.3. The van der Waals surface area contributed by atoms with Gasteiger partial charge >= 0.3 is 0 Å². The van der Waals surface area contributed by atoms with Crippen LogP contribution in [0.3, 0.4) is 0 Å². The quantitative estimate of drug-likeness (QED) is 0.602. The highest BCUT2D eigenvalue weighted by atomic mass is 35.5. The van der Waals surface area contributed by atoms with Gasteiger partial charge in [-0.25, -0.2) is 14.6 Å². The molecule has 3 heterocycles. The van der Waals surface area contributed by atoms with Crippen LogP contribution in [-0.2, 0) is 0 Å². The van der Waals surface area contributed by atoms with Gasteiger partial charge < -0.3 is 15.4 Å². The molecule has 168 valence electrons. The summed E-state index contributed by atoms with van der Waals surface area (Å²) in [6.45, 7) is 11.1. The molecule has 2 N–H and O–H groups in total. The van der Waals surface area contributed by atoms with Gasteiger partial charge in [-0.2, -0.15) is 10.4 Å². The Labute approximate surface area is 192 Å². The van der Waals surface area contributed by atoms with Crippen molar-refractivity contribution in [3.63, 3.8) is 0 Å². The first kappa shape index (κ1) is 22.3. The van der Waals surface area contributed by atoms with E-state index in [1.807, 2.05) is 24.6 Å². The molecule has 0 radical (unpaired) electrons. The van der Waals surface area contributed by atoms with Gasteiger partial charge in [-0.15, -0.1) is 0 Å². The number of benzene rings is 1. The highest BCUT2D eigenvalue weighted by Gasteiger charge is 2.35. The van der Waals surface area contributed by atoms with Crippen molar-refractivity contribution in [2.75, 3.05) is 32.5 Å². The molecule has 0 aliphatic carbocycles. The van der Waals surface area contributed by atoms with Crippen LogP contribution in [0.15, 0.2) is 12.4 Å². The fourth-order valence-electron chi connectivity index (χ4n) is 4.70. The summed E-state index contributed by atoms with van der Waals surface area (Å²) in [6.07, 6.45) is 1.44. The number of fused-ring (bicyclic) bond motifs is 1. The fraction of sp³-hybridized carbons (Fsp3) is 0.478. The normalized spacial score (nSPS) is 15.7. The molecule has 1 atom stereocenters. The maximum Gasteiger partial charge on any atom is 0.164 e. The number of ether oxygens (including phenoxy) is 1. The van der Waals surface area contributed by atoms with Crippen LogP contribution in [-0.4, -0.2) is 51.4 Å². The van der Waals surface area contributed by atoms with Gasteiger partial charge in [0.05, 0.1) is 34.8 Å². The maximum atomic E-state index is 9.87. The van der Waals surface area contributed by atoms with Gasteiger partial charge in [0.15, 0.2) is 5.65 Å². The number of hydrogen-bond acceptors (Lipinski definition) is 7. The molecule has 3 aromatic rings. The number of aromatic nitrogens is 4. The second kappa shape index (κ2) is 8.57. The Morgan fingerprint density at radius 3 is 2.66 bits per heavy atom. The summed E-state index contributed by atoms with van der Waals surface area (Å²) in [5.41, 5.74) is 9.71. The van der Waals surface area contributed by atoms with E-state index < -0.39 is 0 Å². The van der Waals surface area contributed by atoms with Crippen LogP contribution < -0.4 is 10.5 Å². The SMILES string of the molecule is COc1c(C(C)n2nc(C)c3c(N)ncnc32)cc(Cl)c(C#N)c1C1CN(CC(C)C)C1. The Morgan fingerprint density at radius 2 is 2.03 bits per heavy atom. The zero-order valence-electron chi connectivity index (χ0n) is 19.1. The number of aryl methyl sites for hydroxylation is 1. The van der Waals surface area contributed by atoms with Gasteiger partial charge in [-0.1, -0.05) is 25.4 Å². The lowest BCUT2D eigenvalue weighted by atomic mass is 9.84. The second-order valence-corrected chi connectivity index (χ2v) is 9.26. The molecule has 0 bridgehead atoms. The number of anilines is 1. The van der Waals surface area contributed by atoms with Crippen molar-refractivity contribution < 1.29 is 4.74 Å². The minimum atomic E-state index is -0.244. The Bertz CT molecular complexity index is 1210. The largest absolute Gasteiger partial charge is 0.496 e. The number of halogens is 1. The molecule has 1 saturated heterocycles. The van der Waals surface area contributed by atoms with E-state index in [0.29, 0.717) is 33.7 Å². The minimum absolute atomic E-state index is 0.192.